The van der Waals surface area contributed by atoms with E-state index in [-0.39, 0.29) is 0 Å². The molecule has 0 unspecified atom stereocenters. The number of hydrogen-bond donors (Lipinski definition) is 1. The van der Waals surface area contributed by atoms with Gasteiger partial charge in [0.15, 0.2) is 0 Å². The van der Waals surface area contributed by atoms with Crippen LogP contribution >= 0.6 is 0 Å². The van der Waals surface area contributed by atoms with Gasteiger partial charge in [0.1, 0.15) is 0 Å². The molecule has 0 amide bonds. The van der Waals surface area contributed by atoms with Crippen molar-refractivity contribution in [3.8, 4) is 0 Å². The summed E-state index contributed by atoms with van der Waals surface area (Å²) < 4.78 is 0. The Kier molecular flexibility index (Phi) is 4.11. The lowest BCUT2D eigenvalue weighted by Crippen LogP contribution is -2.31. The third-order valence-electron chi connectivity index (χ3n) is 3.34. The maximum Gasteiger partial charge on any atom is 0.0501 e. The summed E-state index contributed by atoms with van der Waals surface area (Å²) in [4.78, 5) is 4.67. The molecule has 0 bridgehead atoms. The van der Waals surface area contributed by atoms with Crippen LogP contribution in [0.15, 0.2) is 35.3 Å². The predicted molar refractivity (Wildman–Crippen MR) is 69.1 cm³/mol. The van der Waals surface area contributed by atoms with Crippen LogP contribution in [-0.2, 0) is 0 Å². The summed E-state index contributed by atoms with van der Waals surface area (Å²) in [6, 6.07) is 11.6. The number of nitrogens with zero attached hydrogens (tertiary/aromatic N) is 1. The first-order valence-corrected chi connectivity index (χ1v) is 6.14. The standard InChI is InChI=1S/C14H20N2/c1-15-13-7-9-14(10-8-13)16-11-12-5-3-2-4-6-12/h2-6,11,13-15H,7-10H2,1H3/b16-11+. The monoisotopic (exact) mass is 216 g/mol. The molecule has 0 atom stereocenters. The highest BCUT2D eigenvalue weighted by Crippen LogP contribution is 2.20. The Bertz CT molecular complexity index is 324. The van der Waals surface area contributed by atoms with Crippen molar-refractivity contribution < 1.29 is 0 Å². The summed E-state index contributed by atoms with van der Waals surface area (Å²) in [7, 11) is 2.05. The number of aliphatic imine (C=N–C) groups is 1. The van der Waals surface area contributed by atoms with E-state index in [1.54, 1.807) is 0 Å². The highest BCUT2D eigenvalue weighted by molar-refractivity contribution is 5.79. The van der Waals surface area contributed by atoms with Gasteiger partial charge >= 0.3 is 0 Å². The van der Waals surface area contributed by atoms with Crippen LogP contribution in [0.1, 0.15) is 31.2 Å². The van der Waals surface area contributed by atoms with E-state index in [9.17, 15) is 0 Å². The fourth-order valence-corrected chi connectivity index (χ4v) is 2.24. The Labute approximate surface area is 97.8 Å². The van der Waals surface area contributed by atoms with Crippen LogP contribution in [0.25, 0.3) is 0 Å². The number of hydrogen-bond acceptors (Lipinski definition) is 2. The molecule has 0 aromatic heterocycles. The maximum atomic E-state index is 4.67. The van der Waals surface area contributed by atoms with Crippen LogP contribution in [0.3, 0.4) is 0 Å². The third-order valence-corrected chi connectivity index (χ3v) is 3.34. The second kappa shape index (κ2) is 5.80. The quantitative estimate of drug-likeness (QED) is 0.772. The molecule has 2 nitrogen and oxygen atoms in total. The van der Waals surface area contributed by atoms with Gasteiger partial charge in [0.2, 0.25) is 0 Å². The predicted octanol–water partition coefficient (Wildman–Crippen LogP) is 2.64. The van der Waals surface area contributed by atoms with E-state index in [0.717, 1.165) is 0 Å². The van der Waals surface area contributed by atoms with Crippen molar-refractivity contribution in [2.45, 2.75) is 37.8 Å². The van der Waals surface area contributed by atoms with E-state index >= 15 is 0 Å². The average molecular weight is 216 g/mol. The summed E-state index contributed by atoms with van der Waals surface area (Å²) in [6.07, 6.45) is 6.97. The van der Waals surface area contributed by atoms with Crippen LogP contribution in [0.4, 0.5) is 0 Å². The van der Waals surface area contributed by atoms with E-state index in [2.05, 4.69) is 41.6 Å². The molecule has 1 aliphatic rings. The van der Waals surface area contributed by atoms with Gasteiger partial charge in [0.25, 0.3) is 0 Å². The lowest BCUT2D eigenvalue weighted by atomic mass is 9.92. The van der Waals surface area contributed by atoms with Crippen molar-refractivity contribution >= 4 is 6.21 Å². The topological polar surface area (TPSA) is 24.4 Å². The molecule has 0 aliphatic heterocycles. The molecule has 86 valence electrons. The lowest BCUT2D eigenvalue weighted by molar-refractivity contribution is 0.360. The Morgan fingerprint density at radius 3 is 2.44 bits per heavy atom. The number of benzene rings is 1. The molecule has 1 fully saturated rings. The van der Waals surface area contributed by atoms with Crippen molar-refractivity contribution in [1.82, 2.24) is 5.32 Å². The minimum atomic E-state index is 0.532. The van der Waals surface area contributed by atoms with E-state index in [0.29, 0.717) is 12.1 Å². The lowest BCUT2D eigenvalue weighted by Gasteiger charge is -2.25. The molecule has 1 aromatic rings. The molecule has 0 saturated heterocycles. The summed E-state index contributed by atoms with van der Waals surface area (Å²) in [6.45, 7) is 0. The summed E-state index contributed by atoms with van der Waals surface area (Å²) in [5.74, 6) is 0. The molecule has 1 aromatic carbocycles. The first-order valence-electron chi connectivity index (χ1n) is 6.14. The fourth-order valence-electron chi connectivity index (χ4n) is 2.24. The van der Waals surface area contributed by atoms with E-state index in [1.807, 2.05) is 12.3 Å². The van der Waals surface area contributed by atoms with Gasteiger partial charge in [-0.25, -0.2) is 0 Å². The smallest absolute Gasteiger partial charge is 0.0501 e. The second-order valence-electron chi connectivity index (χ2n) is 4.48. The summed E-state index contributed by atoms with van der Waals surface area (Å²) in [5.41, 5.74) is 1.21. The van der Waals surface area contributed by atoms with Gasteiger partial charge in [-0.1, -0.05) is 30.3 Å². The number of nitrogens with one attached hydrogen (secondary N) is 1. The Hall–Kier alpha value is -1.15. The van der Waals surface area contributed by atoms with Gasteiger partial charge in [-0.3, -0.25) is 4.99 Å². The fraction of sp³-hybridized carbons (Fsp3) is 0.500. The summed E-state index contributed by atoms with van der Waals surface area (Å²) in [5, 5.41) is 3.35. The second-order valence-corrected chi connectivity index (χ2v) is 4.48. The van der Waals surface area contributed by atoms with E-state index in [1.165, 1.54) is 31.2 Å². The van der Waals surface area contributed by atoms with Crippen molar-refractivity contribution in [3.63, 3.8) is 0 Å². The van der Waals surface area contributed by atoms with Gasteiger partial charge in [0, 0.05) is 12.3 Å². The molecular formula is C14H20N2. The van der Waals surface area contributed by atoms with Gasteiger partial charge in [-0.2, -0.15) is 0 Å². The molecule has 16 heavy (non-hydrogen) atoms. The minimum Gasteiger partial charge on any atom is -0.317 e. The Balaban J connectivity index is 1.85. The van der Waals surface area contributed by atoms with E-state index in [4.69, 9.17) is 0 Å². The normalized spacial score (nSPS) is 26.1. The number of rotatable bonds is 3. The SMILES string of the molecule is CNC1CCC(/N=C/c2ccccc2)CC1. The van der Waals surface area contributed by atoms with Gasteiger partial charge < -0.3 is 5.32 Å². The molecular weight excluding hydrogens is 196 g/mol. The maximum absolute atomic E-state index is 4.67. The third kappa shape index (κ3) is 3.17. The molecule has 1 saturated carbocycles. The minimum absolute atomic E-state index is 0.532. The molecule has 1 aliphatic carbocycles. The molecule has 1 N–H and O–H groups in total. The van der Waals surface area contributed by atoms with Gasteiger partial charge in [-0.15, -0.1) is 0 Å². The molecule has 0 spiro atoms. The zero-order valence-electron chi connectivity index (χ0n) is 9.89. The Morgan fingerprint density at radius 2 is 1.81 bits per heavy atom. The van der Waals surface area contributed by atoms with Crippen molar-refractivity contribution in [2.75, 3.05) is 7.05 Å². The van der Waals surface area contributed by atoms with Crippen LogP contribution < -0.4 is 5.32 Å². The van der Waals surface area contributed by atoms with Crippen LogP contribution in [-0.4, -0.2) is 25.3 Å². The Morgan fingerprint density at radius 1 is 1.12 bits per heavy atom. The highest BCUT2D eigenvalue weighted by atomic mass is 14.9. The molecule has 2 rings (SSSR count). The largest absolute Gasteiger partial charge is 0.317 e. The molecule has 0 heterocycles. The zero-order chi connectivity index (χ0) is 11.2. The van der Waals surface area contributed by atoms with Crippen LogP contribution in [0.5, 0.6) is 0 Å². The van der Waals surface area contributed by atoms with Crippen LogP contribution in [0, 0.1) is 0 Å². The molecule has 0 radical (unpaired) electrons. The van der Waals surface area contributed by atoms with Gasteiger partial charge in [0.05, 0.1) is 6.04 Å². The van der Waals surface area contributed by atoms with Gasteiger partial charge in [-0.05, 0) is 38.3 Å². The first-order chi connectivity index (χ1) is 7.88. The van der Waals surface area contributed by atoms with Crippen LogP contribution in [0.2, 0.25) is 0 Å². The van der Waals surface area contributed by atoms with Crippen molar-refractivity contribution in [3.05, 3.63) is 35.9 Å². The van der Waals surface area contributed by atoms with Crippen molar-refractivity contribution in [1.29, 1.82) is 0 Å². The van der Waals surface area contributed by atoms with Crippen molar-refractivity contribution in [2.24, 2.45) is 4.99 Å². The average Bonchev–Trinajstić information content (AvgIpc) is 2.38. The van der Waals surface area contributed by atoms with E-state index < -0.39 is 0 Å². The highest BCUT2D eigenvalue weighted by Gasteiger charge is 2.18. The first kappa shape index (κ1) is 11.3. The zero-order valence-corrected chi connectivity index (χ0v) is 9.89. The summed E-state index contributed by atoms with van der Waals surface area (Å²) >= 11 is 0. The molecule has 2 heteroatoms.